The molecule has 1 N–H and O–H groups in total. The number of thiocarbonyl (C=S) groups is 1. The van der Waals surface area contributed by atoms with Gasteiger partial charge in [0.2, 0.25) is 0 Å². The van der Waals surface area contributed by atoms with Gasteiger partial charge in [0.15, 0.2) is 5.11 Å². The first-order valence-electron chi connectivity index (χ1n) is 6.14. The molecule has 0 spiro atoms. The third-order valence-corrected chi connectivity index (χ3v) is 5.23. The summed E-state index contributed by atoms with van der Waals surface area (Å²) in [5.41, 5.74) is 0. The molecule has 1 aromatic carbocycles. The molecule has 0 atom stereocenters. The van der Waals surface area contributed by atoms with E-state index in [1.54, 1.807) is 0 Å². The molecule has 1 saturated heterocycles. The van der Waals surface area contributed by atoms with Gasteiger partial charge in [-0.25, -0.2) is 8.42 Å². The molecule has 1 fully saturated rings. The minimum absolute atomic E-state index is 0.151. The zero-order valence-electron chi connectivity index (χ0n) is 11.0. The molecule has 110 valence electrons. The standard InChI is InChI=1S/C12H16ClN3O2S2/c1-15-6-8-16(9-7-15)12(19)14-20(17,18)11-4-2-10(13)3-5-11/h2-5H,6-9H2,1H3,(H,14,19). The van der Waals surface area contributed by atoms with Gasteiger partial charge in [-0.3, -0.25) is 4.72 Å². The van der Waals surface area contributed by atoms with E-state index in [2.05, 4.69) is 9.62 Å². The van der Waals surface area contributed by atoms with E-state index in [1.165, 1.54) is 24.3 Å². The predicted molar refractivity (Wildman–Crippen MR) is 83.4 cm³/mol. The van der Waals surface area contributed by atoms with Gasteiger partial charge in [0, 0.05) is 31.2 Å². The number of nitrogens with zero attached hydrogens (tertiary/aromatic N) is 2. The van der Waals surface area contributed by atoms with Gasteiger partial charge in [-0.05, 0) is 43.5 Å². The van der Waals surface area contributed by atoms with E-state index < -0.39 is 10.0 Å². The number of likely N-dealkylation sites (N-methyl/N-ethyl adjacent to an activating group) is 1. The molecule has 5 nitrogen and oxygen atoms in total. The molecule has 0 bridgehead atoms. The number of rotatable bonds is 2. The van der Waals surface area contributed by atoms with Crippen LogP contribution in [0, 0.1) is 0 Å². The lowest BCUT2D eigenvalue weighted by atomic mass is 10.3. The summed E-state index contributed by atoms with van der Waals surface area (Å²) in [6.07, 6.45) is 0. The summed E-state index contributed by atoms with van der Waals surface area (Å²) >= 11 is 10.9. The summed E-state index contributed by atoms with van der Waals surface area (Å²) in [5.74, 6) is 0. The molecule has 0 amide bonds. The number of sulfonamides is 1. The van der Waals surface area contributed by atoms with Crippen LogP contribution in [0.15, 0.2) is 29.2 Å². The van der Waals surface area contributed by atoms with Crippen molar-refractivity contribution >= 4 is 39.0 Å². The summed E-state index contributed by atoms with van der Waals surface area (Å²) in [6, 6.07) is 5.98. The lowest BCUT2D eigenvalue weighted by Crippen LogP contribution is -2.51. The Balaban J connectivity index is 2.04. The topological polar surface area (TPSA) is 52.6 Å². The van der Waals surface area contributed by atoms with Crippen molar-refractivity contribution in [2.45, 2.75) is 4.90 Å². The van der Waals surface area contributed by atoms with E-state index in [9.17, 15) is 8.42 Å². The fourth-order valence-electron chi connectivity index (χ4n) is 1.86. The summed E-state index contributed by atoms with van der Waals surface area (Å²) in [5, 5.41) is 0.735. The van der Waals surface area contributed by atoms with Gasteiger partial charge in [0.05, 0.1) is 4.90 Å². The maximum atomic E-state index is 12.2. The van der Waals surface area contributed by atoms with Gasteiger partial charge in [-0.2, -0.15) is 0 Å². The van der Waals surface area contributed by atoms with Crippen molar-refractivity contribution in [2.24, 2.45) is 0 Å². The van der Waals surface area contributed by atoms with Crippen molar-refractivity contribution in [2.75, 3.05) is 33.2 Å². The second kappa shape index (κ2) is 6.26. The average molecular weight is 334 g/mol. The van der Waals surface area contributed by atoms with Crippen molar-refractivity contribution in [3.8, 4) is 0 Å². The first-order valence-corrected chi connectivity index (χ1v) is 8.41. The Morgan fingerprint density at radius 1 is 1.20 bits per heavy atom. The van der Waals surface area contributed by atoms with Crippen LogP contribution in [0.1, 0.15) is 0 Å². The Hall–Kier alpha value is -0.890. The van der Waals surface area contributed by atoms with E-state index in [1.807, 2.05) is 11.9 Å². The summed E-state index contributed by atoms with van der Waals surface area (Å²) < 4.78 is 26.8. The van der Waals surface area contributed by atoms with Crippen LogP contribution in [-0.2, 0) is 10.0 Å². The Bertz CT molecular complexity index is 581. The van der Waals surface area contributed by atoms with Crippen molar-refractivity contribution in [3.63, 3.8) is 0 Å². The average Bonchev–Trinajstić information content (AvgIpc) is 2.39. The summed E-state index contributed by atoms with van der Waals surface area (Å²) in [4.78, 5) is 4.19. The first kappa shape index (κ1) is 15.5. The normalized spacial score (nSPS) is 17.0. The van der Waals surface area contributed by atoms with Crippen molar-refractivity contribution < 1.29 is 8.42 Å². The molecular formula is C12H16ClN3O2S2. The van der Waals surface area contributed by atoms with E-state index in [0.29, 0.717) is 5.02 Å². The van der Waals surface area contributed by atoms with Crippen LogP contribution in [0.2, 0.25) is 5.02 Å². The van der Waals surface area contributed by atoms with Crippen molar-refractivity contribution in [1.82, 2.24) is 14.5 Å². The minimum Gasteiger partial charge on any atom is -0.346 e. The molecule has 1 aliphatic rings. The molecule has 1 aliphatic heterocycles. The van der Waals surface area contributed by atoms with Gasteiger partial charge in [0.1, 0.15) is 0 Å². The minimum atomic E-state index is -3.64. The number of hydrogen-bond acceptors (Lipinski definition) is 4. The van der Waals surface area contributed by atoms with Crippen LogP contribution < -0.4 is 4.72 Å². The lowest BCUT2D eigenvalue weighted by molar-refractivity contribution is 0.215. The van der Waals surface area contributed by atoms with Gasteiger partial charge in [-0.1, -0.05) is 11.6 Å². The van der Waals surface area contributed by atoms with Crippen LogP contribution >= 0.6 is 23.8 Å². The third-order valence-electron chi connectivity index (χ3n) is 3.14. The number of halogens is 1. The van der Waals surface area contributed by atoms with Crippen molar-refractivity contribution in [1.29, 1.82) is 0 Å². The first-order chi connectivity index (χ1) is 9.38. The number of benzene rings is 1. The van der Waals surface area contributed by atoms with E-state index >= 15 is 0 Å². The molecule has 0 aromatic heterocycles. The van der Waals surface area contributed by atoms with Gasteiger partial charge >= 0.3 is 0 Å². The number of nitrogens with one attached hydrogen (secondary N) is 1. The van der Waals surface area contributed by atoms with Crippen LogP contribution in [0.25, 0.3) is 0 Å². The fourth-order valence-corrected chi connectivity index (χ4v) is 3.47. The Morgan fingerprint density at radius 3 is 2.30 bits per heavy atom. The third kappa shape index (κ3) is 3.82. The predicted octanol–water partition coefficient (Wildman–Crippen LogP) is 1.15. The molecule has 1 heterocycles. The highest BCUT2D eigenvalue weighted by atomic mass is 35.5. The second-order valence-electron chi connectivity index (χ2n) is 4.65. The largest absolute Gasteiger partial charge is 0.346 e. The van der Waals surface area contributed by atoms with E-state index in [0.717, 1.165) is 26.2 Å². The molecule has 0 aliphatic carbocycles. The van der Waals surface area contributed by atoms with Gasteiger partial charge in [0.25, 0.3) is 10.0 Å². The quantitative estimate of drug-likeness (QED) is 0.823. The molecule has 2 rings (SSSR count). The maximum Gasteiger partial charge on any atom is 0.263 e. The molecule has 1 aromatic rings. The lowest BCUT2D eigenvalue weighted by Gasteiger charge is -2.33. The molecule has 0 saturated carbocycles. The van der Waals surface area contributed by atoms with E-state index in [-0.39, 0.29) is 10.0 Å². The summed E-state index contributed by atoms with van der Waals surface area (Å²) in [7, 11) is -1.62. The monoisotopic (exact) mass is 333 g/mol. The van der Waals surface area contributed by atoms with Gasteiger partial charge in [-0.15, -0.1) is 0 Å². The summed E-state index contributed by atoms with van der Waals surface area (Å²) in [6.45, 7) is 3.17. The molecule has 0 unspecified atom stereocenters. The Kier molecular flexibility index (Phi) is 4.85. The fraction of sp³-hybridized carbons (Fsp3) is 0.417. The molecule has 8 heteroatoms. The second-order valence-corrected chi connectivity index (χ2v) is 7.16. The highest BCUT2D eigenvalue weighted by Gasteiger charge is 2.21. The molecule has 0 radical (unpaired) electrons. The van der Waals surface area contributed by atoms with Crippen LogP contribution in [0.5, 0.6) is 0 Å². The van der Waals surface area contributed by atoms with Gasteiger partial charge < -0.3 is 9.80 Å². The maximum absolute atomic E-state index is 12.2. The highest BCUT2D eigenvalue weighted by Crippen LogP contribution is 2.14. The Labute approximate surface area is 129 Å². The zero-order valence-corrected chi connectivity index (χ0v) is 13.4. The smallest absolute Gasteiger partial charge is 0.263 e. The number of hydrogen-bond donors (Lipinski definition) is 1. The zero-order chi connectivity index (χ0) is 14.8. The van der Waals surface area contributed by atoms with Crippen molar-refractivity contribution in [3.05, 3.63) is 29.3 Å². The number of piperazine rings is 1. The van der Waals surface area contributed by atoms with Crippen LogP contribution in [0.4, 0.5) is 0 Å². The van der Waals surface area contributed by atoms with E-state index in [4.69, 9.17) is 23.8 Å². The van der Waals surface area contributed by atoms with Crippen LogP contribution in [0.3, 0.4) is 0 Å². The highest BCUT2D eigenvalue weighted by molar-refractivity contribution is 7.91. The van der Waals surface area contributed by atoms with Crippen LogP contribution in [-0.4, -0.2) is 56.6 Å². The Morgan fingerprint density at radius 2 is 1.75 bits per heavy atom. The molecular weight excluding hydrogens is 318 g/mol. The SMILES string of the molecule is CN1CCN(C(=S)NS(=O)(=O)c2ccc(Cl)cc2)CC1. The molecule has 20 heavy (non-hydrogen) atoms.